The number of hydrogen-bond donors (Lipinski definition) is 2. The first-order valence-electron chi connectivity index (χ1n) is 13.3. The van der Waals surface area contributed by atoms with Crippen LogP contribution in [-0.4, -0.2) is 60.1 Å². The number of alkyl carbamates (subject to hydrolysis) is 1. The molecule has 0 bridgehead atoms. The van der Waals surface area contributed by atoms with Gasteiger partial charge in [-0.1, -0.05) is 45.7 Å². The van der Waals surface area contributed by atoms with E-state index in [-0.39, 0.29) is 18.5 Å². The van der Waals surface area contributed by atoms with Gasteiger partial charge in [-0.05, 0) is 70.1 Å². The highest BCUT2D eigenvalue weighted by molar-refractivity contribution is 5.93. The average Bonchev–Trinajstić information content (AvgIpc) is 2.85. The van der Waals surface area contributed by atoms with Crippen molar-refractivity contribution in [3.8, 4) is 12.3 Å². The van der Waals surface area contributed by atoms with Crippen molar-refractivity contribution in [1.82, 2.24) is 15.5 Å². The second kappa shape index (κ2) is 15.2. The number of terminal acetylenes is 1. The molecular formula is C30H45N3O6. The summed E-state index contributed by atoms with van der Waals surface area (Å²) in [6, 6.07) is 4.31. The number of methoxy groups -OCH3 is 1. The van der Waals surface area contributed by atoms with E-state index in [4.69, 9.17) is 11.2 Å². The Morgan fingerprint density at radius 2 is 1.59 bits per heavy atom. The first kappa shape index (κ1) is 33.5. The molecule has 9 nitrogen and oxygen atoms in total. The molecule has 0 spiro atoms. The molecule has 9 heteroatoms. The van der Waals surface area contributed by atoms with Crippen LogP contribution in [0.15, 0.2) is 24.3 Å². The molecule has 0 heterocycles. The van der Waals surface area contributed by atoms with Gasteiger partial charge in [-0.2, -0.15) is 0 Å². The van der Waals surface area contributed by atoms with Crippen molar-refractivity contribution in [3.05, 3.63) is 35.4 Å². The molecule has 39 heavy (non-hydrogen) atoms. The van der Waals surface area contributed by atoms with Crippen LogP contribution >= 0.6 is 0 Å². The zero-order valence-electron chi connectivity index (χ0n) is 24.8. The Bertz CT molecular complexity index is 1020. The molecule has 0 saturated heterocycles. The number of carbonyl (C=O) groups is 4. The van der Waals surface area contributed by atoms with E-state index in [0.29, 0.717) is 23.5 Å². The lowest BCUT2D eigenvalue weighted by molar-refractivity contribution is -0.147. The maximum Gasteiger partial charge on any atom is 0.408 e. The topological polar surface area (TPSA) is 114 Å². The number of hydrogen-bond acceptors (Lipinski definition) is 6. The Morgan fingerprint density at radius 1 is 1.00 bits per heavy atom. The molecule has 1 aromatic rings. The lowest BCUT2D eigenvalue weighted by atomic mass is 9.94. The Morgan fingerprint density at radius 3 is 2.05 bits per heavy atom. The van der Waals surface area contributed by atoms with Gasteiger partial charge in [0, 0.05) is 11.6 Å². The number of ether oxygens (including phenoxy) is 2. The summed E-state index contributed by atoms with van der Waals surface area (Å²) in [7, 11) is 1.23. The van der Waals surface area contributed by atoms with E-state index in [2.05, 4.69) is 35.1 Å². The van der Waals surface area contributed by atoms with Crippen molar-refractivity contribution >= 4 is 23.9 Å². The second-order valence-corrected chi connectivity index (χ2v) is 11.4. The van der Waals surface area contributed by atoms with E-state index in [0.717, 1.165) is 6.42 Å². The van der Waals surface area contributed by atoms with Gasteiger partial charge in [-0.15, -0.1) is 6.42 Å². The van der Waals surface area contributed by atoms with Crippen molar-refractivity contribution in [2.45, 2.75) is 92.0 Å². The molecule has 0 aromatic heterocycles. The Hall–Kier alpha value is -3.54. The summed E-state index contributed by atoms with van der Waals surface area (Å²) in [5.74, 6) is 0.983. The Balaban J connectivity index is 3.62. The summed E-state index contributed by atoms with van der Waals surface area (Å²) in [6.45, 7) is 14.5. The lowest BCUT2D eigenvalue weighted by Gasteiger charge is -2.39. The first-order valence-corrected chi connectivity index (χ1v) is 13.3. The normalized spacial score (nSPS) is 13.6. The van der Waals surface area contributed by atoms with Crippen LogP contribution in [0.2, 0.25) is 0 Å². The minimum atomic E-state index is -1.10. The summed E-state index contributed by atoms with van der Waals surface area (Å²) < 4.78 is 10.1. The number of benzene rings is 1. The number of esters is 1. The molecular weight excluding hydrogens is 498 g/mol. The van der Waals surface area contributed by atoms with Gasteiger partial charge in [0.2, 0.25) is 11.8 Å². The van der Waals surface area contributed by atoms with Crippen LogP contribution in [0.25, 0.3) is 0 Å². The van der Waals surface area contributed by atoms with Gasteiger partial charge in [0.15, 0.2) is 0 Å². The van der Waals surface area contributed by atoms with E-state index in [9.17, 15) is 19.2 Å². The fraction of sp³-hybridized carbons (Fsp3) is 0.600. The Labute approximate surface area is 233 Å². The number of carbonyl (C=O) groups excluding carboxylic acids is 4. The van der Waals surface area contributed by atoms with Crippen molar-refractivity contribution < 1.29 is 28.7 Å². The maximum atomic E-state index is 14.3. The minimum Gasteiger partial charge on any atom is -0.468 e. The summed E-state index contributed by atoms with van der Waals surface area (Å²) >= 11 is 0. The maximum absolute atomic E-state index is 14.3. The van der Waals surface area contributed by atoms with Gasteiger partial charge in [-0.3, -0.25) is 14.4 Å². The third-order valence-electron chi connectivity index (χ3n) is 6.05. The second-order valence-electron chi connectivity index (χ2n) is 11.4. The number of amides is 3. The van der Waals surface area contributed by atoms with Crippen LogP contribution < -0.4 is 10.6 Å². The van der Waals surface area contributed by atoms with Crippen LogP contribution in [-0.2, 0) is 23.9 Å². The van der Waals surface area contributed by atoms with Gasteiger partial charge in [0.1, 0.15) is 24.2 Å². The summed E-state index contributed by atoms with van der Waals surface area (Å²) in [4.78, 5) is 53.9. The van der Waals surface area contributed by atoms with E-state index < -0.39 is 41.6 Å². The van der Waals surface area contributed by atoms with E-state index in [1.54, 1.807) is 45.0 Å². The molecule has 1 aromatic carbocycles. The average molecular weight is 544 g/mol. The SMILES string of the molecule is C#Cc1ccc(C(C(=O)NCC(=O)OC)N(C(=O)C(NC(=O)OC(C)(C)C)C(C)C)C(C)CCC(C)C)cc1. The van der Waals surface area contributed by atoms with Crippen LogP contribution in [0.4, 0.5) is 4.79 Å². The third-order valence-corrected chi connectivity index (χ3v) is 6.05. The fourth-order valence-corrected chi connectivity index (χ4v) is 3.95. The van der Waals surface area contributed by atoms with Crippen molar-refractivity contribution in [2.75, 3.05) is 13.7 Å². The summed E-state index contributed by atoms with van der Waals surface area (Å²) in [5, 5.41) is 5.31. The van der Waals surface area contributed by atoms with Crippen LogP contribution in [0.1, 0.15) is 85.4 Å². The zero-order valence-corrected chi connectivity index (χ0v) is 24.8. The third kappa shape index (κ3) is 11.0. The largest absolute Gasteiger partial charge is 0.468 e. The quantitative estimate of drug-likeness (QED) is 0.302. The van der Waals surface area contributed by atoms with Gasteiger partial charge in [0.25, 0.3) is 0 Å². The van der Waals surface area contributed by atoms with Crippen molar-refractivity contribution in [1.29, 1.82) is 0 Å². The number of nitrogens with zero attached hydrogens (tertiary/aromatic N) is 1. The number of rotatable bonds is 12. The van der Waals surface area contributed by atoms with Crippen molar-refractivity contribution in [2.24, 2.45) is 11.8 Å². The van der Waals surface area contributed by atoms with Gasteiger partial charge in [-0.25, -0.2) is 4.79 Å². The summed E-state index contributed by atoms with van der Waals surface area (Å²) in [6.07, 6.45) is 6.22. The van der Waals surface area contributed by atoms with Gasteiger partial charge < -0.3 is 25.0 Å². The highest BCUT2D eigenvalue weighted by atomic mass is 16.6. The molecule has 0 fully saturated rings. The Kier molecular flexibility index (Phi) is 13.0. The van der Waals surface area contributed by atoms with Crippen LogP contribution in [0.3, 0.4) is 0 Å². The summed E-state index contributed by atoms with van der Waals surface area (Å²) in [5.41, 5.74) is 0.374. The molecule has 216 valence electrons. The minimum absolute atomic E-state index is 0.313. The molecule has 3 amide bonds. The number of nitrogens with one attached hydrogen (secondary N) is 2. The predicted octanol–water partition coefficient (Wildman–Crippen LogP) is 4.20. The molecule has 1 rings (SSSR count). The van der Waals surface area contributed by atoms with E-state index >= 15 is 0 Å². The molecule has 0 aliphatic carbocycles. The monoisotopic (exact) mass is 543 g/mol. The standard InChI is InChI=1S/C30H45N3O6/c1-11-22-14-16-23(17-15-22)26(27(35)31-18-24(34)38-10)33(21(6)13-12-19(2)3)28(36)25(20(4)5)32-29(37)39-30(7,8)9/h1,14-17,19-21,25-26H,12-13,18H2,2-10H3,(H,31,35)(H,32,37). The highest BCUT2D eigenvalue weighted by Gasteiger charge is 2.40. The predicted molar refractivity (Wildman–Crippen MR) is 151 cm³/mol. The van der Waals surface area contributed by atoms with Gasteiger partial charge >= 0.3 is 12.1 Å². The van der Waals surface area contributed by atoms with E-state index in [1.165, 1.54) is 12.0 Å². The fourth-order valence-electron chi connectivity index (χ4n) is 3.95. The molecule has 3 unspecified atom stereocenters. The van der Waals surface area contributed by atoms with Crippen LogP contribution in [0.5, 0.6) is 0 Å². The first-order chi connectivity index (χ1) is 18.1. The highest BCUT2D eigenvalue weighted by Crippen LogP contribution is 2.29. The molecule has 0 saturated carbocycles. The molecule has 0 radical (unpaired) electrons. The molecule has 3 atom stereocenters. The van der Waals surface area contributed by atoms with Gasteiger partial charge in [0.05, 0.1) is 7.11 Å². The zero-order chi connectivity index (χ0) is 29.9. The molecule has 0 aliphatic rings. The lowest BCUT2D eigenvalue weighted by Crippen LogP contribution is -2.57. The molecule has 0 aliphatic heterocycles. The smallest absolute Gasteiger partial charge is 0.408 e. The van der Waals surface area contributed by atoms with E-state index in [1.807, 2.05) is 20.8 Å². The van der Waals surface area contributed by atoms with Crippen molar-refractivity contribution in [3.63, 3.8) is 0 Å². The van der Waals surface area contributed by atoms with Crippen LogP contribution in [0, 0.1) is 24.2 Å². The molecule has 2 N–H and O–H groups in total.